The van der Waals surface area contributed by atoms with Crippen molar-refractivity contribution in [3.63, 3.8) is 0 Å². The first-order valence-electron chi connectivity index (χ1n) is 12.1. The average Bonchev–Trinajstić information content (AvgIpc) is 3.27. The van der Waals surface area contributed by atoms with Gasteiger partial charge in [0.05, 0.1) is 13.2 Å². The minimum absolute atomic E-state index is 0. The van der Waals surface area contributed by atoms with Crippen molar-refractivity contribution < 1.29 is 14.3 Å². The number of rotatable bonds is 8. The molecule has 0 aliphatic carbocycles. The predicted octanol–water partition coefficient (Wildman–Crippen LogP) is 3.56. The Labute approximate surface area is 216 Å². The summed E-state index contributed by atoms with van der Waals surface area (Å²) in [4.78, 5) is 19.3. The van der Waals surface area contributed by atoms with Gasteiger partial charge < -0.3 is 25.0 Å². The summed E-state index contributed by atoms with van der Waals surface area (Å²) in [6.45, 7) is 13.2. The number of benzene rings is 1. The van der Waals surface area contributed by atoms with Gasteiger partial charge in [-0.15, -0.1) is 24.0 Å². The van der Waals surface area contributed by atoms with Gasteiger partial charge >= 0.3 is 0 Å². The van der Waals surface area contributed by atoms with Gasteiger partial charge in [-0.3, -0.25) is 9.79 Å². The van der Waals surface area contributed by atoms with E-state index in [0.717, 1.165) is 63.8 Å². The van der Waals surface area contributed by atoms with Gasteiger partial charge in [0.1, 0.15) is 5.75 Å². The zero-order chi connectivity index (χ0) is 23.0. The maximum Gasteiger partial charge on any atom is 0.225 e. The Kier molecular flexibility index (Phi) is 11.2. The maximum absolute atomic E-state index is 12.3. The number of carbonyl (C=O) groups is 1. The smallest absolute Gasteiger partial charge is 0.225 e. The Balaban J connectivity index is 0.00000385. The lowest BCUT2D eigenvalue weighted by atomic mass is 9.74. The van der Waals surface area contributed by atoms with E-state index in [4.69, 9.17) is 14.5 Å². The van der Waals surface area contributed by atoms with Crippen molar-refractivity contribution in [3.05, 3.63) is 29.8 Å². The molecule has 186 valence electrons. The van der Waals surface area contributed by atoms with E-state index in [1.54, 1.807) is 0 Å². The molecule has 1 aromatic carbocycles. The second-order valence-corrected chi connectivity index (χ2v) is 9.11. The van der Waals surface area contributed by atoms with Gasteiger partial charge in [-0.25, -0.2) is 0 Å². The van der Waals surface area contributed by atoms with E-state index >= 15 is 0 Å². The van der Waals surface area contributed by atoms with Crippen molar-refractivity contribution >= 4 is 35.8 Å². The van der Waals surface area contributed by atoms with Crippen LogP contribution in [0, 0.1) is 5.92 Å². The minimum Gasteiger partial charge on any atom is -0.494 e. The second kappa shape index (κ2) is 13.4. The molecule has 2 saturated heterocycles. The van der Waals surface area contributed by atoms with Gasteiger partial charge in [-0.1, -0.05) is 26.0 Å². The molecule has 0 bridgehead atoms. The quantitative estimate of drug-likeness (QED) is 0.283. The first kappa shape index (κ1) is 27.7. The van der Waals surface area contributed by atoms with Crippen LogP contribution in [-0.4, -0.2) is 68.8 Å². The van der Waals surface area contributed by atoms with Crippen molar-refractivity contribution in [1.82, 2.24) is 15.5 Å². The molecule has 0 saturated carbocycles. The summed E-state index contributed by atoms with van der Waals surface area (Å²) >= 11 is 0. The SMILES string of the molecule is CCNC(=NCC1(c2ccc(OCC)cc2)CCOCC1)NC1CCN(C(=O)C(C)C)C1.I. The molecule has 3 rings (SSSR count). The number of aliphatic imine (C=N–C) groups is 1. The molecular formula is C25H41IN4O3. The molecule has 1 amide bonds. The fourth-order valence-electron chi connectivity index (χ4n) is 4.56. The summed E-state index contributed by atoms with van der Waals surface area (Å²) in [6, 6.07) is 8.70. The van der Waals surface area contributed by atoms with E-state index in [0.29, 0.717) is 13.2 Å². The van der Waals surface area contributed by atoms with Crippen LogP contribution in [0.15, 0.2) is 29.3 Å². The number of nitrogens with one attached hydrogen (secondary N) is 2. The number of guanidine groups is 1. The predicted molar refractivity (Wildman–Crippen MR) is 144 cm³/mol. The van der Waals surface area contributed by atoms with E-state index in [9.17, 15) is 4.79 Å². The van der Waals surface area contributed by atoms with Gasteiger partial charge in [-0.2, -0.15) is 0 Å². The number of hydrogen-bond donors (Lipinski definition) is 2. The van der Waals surface area contributed by atoms with E-state index in [1.165, 1.54) is 5.56 Å². The van der Waals surface area contributed by atoms with Crippen molar-refractivity contribution in [2.45, 2.75) is 58.4 Å². The van der Waals surface area contributed by atoms with Crippen LogP contribution in [-0.2, 0) is 14.9 Å². The minimum atomic E-state index is -0.0410. The largest absolute Gasteiger partial charge is 0.494 e. The highest BCUT2D eigenvalue weighted by Gasteiger charge is 2.35. The first-order chi connectivity index (χ1) is 15.5. The number of ether oxygens (including phenoxy) is 2. The molecule has 0 radical (unpaired) electrons. The average molecular weight is 573 g/mol. The van der Waals surface area contributed by atoms with E-state index in [2.05, 4.69) is 41.8 Å². The van der Waals surface area contributed by atoms with Gasteiger partial charge in [0.2, 0.25) is 5.91 Å². The van der Waals surface area contributed by atoms with Crippen LogP contribution in [0.25, 0.3) is 0 Å². The van der Waals surface area contributed by atoms with Gasteiger partial charge in [0.15, 0.2) is 5.96 Å². The van der Waals surface area contributed by atoms with Crippen LogP contribution in [0.2, 0.25) is 0 Å². The number of amides is 1. The van der Waals surface area contributed by atoms with Gasteiger partial charge in [0.25, 0.3) is 0 Å². The summed E-state index contributed by atoms with van der Waals surface area (Å²) in [5.41, 5.74) is 1.25. The van der Waals surface area contributed by atoms with E-state index in [-0.39, 0.29) is 47.3 Å². The molecule has 33 heavy (non-hydrogen) atoms. The highest BCUT2D eigenvalue weighted by atomic mass is 127. The number of carbonyl (C=O) groups excluding carboxylic acids is 1. The molecule has 2 aliphatic heterocycles. The highest BCUT2D eigenvalue weighted by Crippen LogP contribution is 2.36. The molecule has 1 aromatic rings. The third-order valence-corrected chi connectivity index (χ3v) is 6.45. The molecule has 8 heteroatoms. The fourth-order valence-corrected chi connectivity index (χ4v) is 4.56. The van der Waals surface area contributed by atoms with E-state index < -0.39 is 0 Å². The summed E-state index contributed by atoms with van der Waals surface area (Å²) in [5.74, 6) is 2.00. The molecule has 2 aliphatic rings. The van der Waals surface area contributed by atoms with Crippen molar-refractivity contribution in [3.8, 4) is 5.75 Å². The van der Waals surface area contributed by atoms with Crippen LogP contribution in [0.1, 0.15) is 52.5 Å². The van der Waals surface area contributed by atoms with Crippen molar-refractivity contribution in [1.29, 1.82) is 0 Å². The fraction of sp³-hybridized carbons (Fsp3) is 0.680. The Morgan fingerprint density at radius 2 is 1.94 bits per heavy atom. The number of halogens is 1. The standard InChI is InChI=1S/C25H40N4O3.HI/c1-5-26-24(28-21-11-14-29(17-21)23(30)19(3)4)27-18-25(12-15-31-16-13-25)20-7-9-22(10-8-20)32-6-2;/h7-10,19,21H,5-6,11-18H2,1-4H3,(H2,26,27,28);1H. The lowest BCUT2D eigenvalue weighted by Crippen LogP contribution is -2.46. The number of likely N-dealkylation sites (tertiary alicyclic amines) is 1. The second-order valence-electron chi connectivity index (χ2n) is 9.11. The molecule has 0 spiro atoms. The zero-order valence-electron chi connectivity index (χ0n) is 20.6. The molecule has 2 heterocycles. The number of nitrogens with zero attached hydrogens (tertiary/aromatic N) is 2. The normalized spacial score (nSPS) is 20.3. The van der Waals surface area contributed by atoms with E-state index in [1.807, 2.05) is 25.7 Å². The molecule has 7 nitrogen and oxygen atoms in total. The molecule has 2 N–H and O–H groups in total. The first-order valence-corrected chi connectivity index (χ1v) is 12.1. The zero-order valence-corrected chi connectivity index (χ0v) is 22.9. The van der Waals surface area contributed by atoms with Crippen LogP contribution < -0.4 is 15.4 Å². The van der Waals surface area contributed by atoms with Crippen LogP contribution in [0.4, 0.5) is 0 Å². The lowest BCUT2D eigenvalue weighted by molar-refractivity contribution is -0.133. The lowest BCUT2D eigenvalue weighted by Gasteiger charge is -2.37. The summed E-state index contributed by atoms with van der Waals surface area (Å²) in [5, 5.41) is 6.96. The molecular weight excluding hydrogens is 531 g/mol. The third kappa shape index (κ3) is 7.47. The molecule has 1 unspecified atom stereocenters. The molecule has 1 atom stereocenters. The third-order valence-electron chi connectivity index (χ3n) is 6.45. The van der Waals surface area contributed by atoms with Crippen LogP contribution in [0.5, 0.6) is 5.75 Å². The highest BCUT2D eigenvalue weighted by molar-refractivity contribution is 14.0. The Morgan fingerprint density at radius 1 is 1.24 bits per heavy atom. The number of hydrogen-bond acceptors (Lipinski definition) is 4. The molecule has 2 fully saturated rings. The van der Waals surface area contributed by atoms with Crippen molar-refractivity contribution in [2.75, 3.05) is 46.0 Å². The topological polar surface area (TPSA) is 75.2 Å². The monoisotopic (exact) mass is 572 g/mol. The Morgan fingerprint density at radius 3 is 2.55 bits per heavy atom. The summed E-state index contributed by atoms with van der Waals surface area (Å²) in [7, 11) is 0. The summed E-state index contributed by atoms with van der Waals surface area (Å²) < 4.78 is 11.3. The van der Waals surface area contributed by atoms with Gasteiger partial charge in [-0.05, 0) is 50.8 Å². The van der Waals surface area contributed by atoms with Crippen LogP contribution >= 0.6 is 24.0 Å². The molecule has 0 aromatic heterocycles. The van der Waals surface area contributed by atoms with Crippen LogP contribution in [0.3, 0.4) is 0 Å². The van der Waals surface area contributed by atoms with Crippen molar-refractivity contribution in [2.24, 2.45) is 10.9 Å². The Bertz CT molecular complexity index is 763. The Hall–Kier alpha value is -1.55. The maximum atomic E-state index is 12.3. The van der Waals surface area contributed by atoms with Gasteiger partial charge in [0, 0.05) is 50.2 Å². The summed E-state index contributed by atoms with van der Waals surface area (Å²) in [6.07, 6.45) is 2.84.